The molecule has 0 radical (unpaired) electrons. The molecule has 1 aromatic heterocycles. The van der Waals surface area contributed by atoms with Crippen molar-refractivity contribution in [2.24, 2.45) is 0 Å². The molecule has 0 N–H and O–H groups in total. The van der Waals surface area contributed by atoms with E-state index in [-0.39, 0.29) is 5.78 Å². The van der Waals surface area contributed by atoms with E-state index >= 15 is 0 Å². The molecule has 0 aliphatic rings. The van der Waals surface area contributed by atoms with Gasteiger partial charge in [-0.25, -0.2) is 9.97 Å². The van der Waals surface area contributed by atoms with E-state index in [0.717, 1.165) is 27.6 Å². The van der Waals surface area contributed by atoms with E-state index in [9.17, 15) is 4.79 Å². The van der Waals surface area contributed by atoms with Crippen LogP contribution in [0.3, 0.4) is 0 Å². The van der Waals surface area contributed by atoms with Crippen molar-refractivity contribution in [3.8, 4) is 0 Å². The molecular weight excluding hydrogens is 332 g/mol. The first-order chi connectivity index (χ1) is 13.2. The molecule has 1 heterocycles. The minimum atomic E-state index is 0.0599. The first-order valence-corrected chi connectivity index (χ1v) is 8.81. The second kappa shape index (κ2) is 7.34. The van der Waals surface area contributed by atoms with Crippen molar-refractivity contribution in [3.63, 3.8) is 0 Å². The SMILES string of the molecule is CC(=O)c1ccc(/C(=C\c2ncc3ccccc3n2)c2ccccc2)cc1. The molecule has 27 heavy (non-hydrogen) atoms. The maximum Gasteiger partial charge on any atom is 0.159 e. The lowest BCUT2D eigenvalue weighted by Crippen LogP contribution is -1.95. The average molecular weight is 350 g/mol. The predicted octanol–water partition coefficient (Wildman–Crippen LogP) is 5.42. The molecule has 3 nitrogen and oxygen atoms in total. The molecule has 130 valence electrons. The van der Waals surface area contributed by atoms with Gasteiger partial charge in [-0.05, 0) is 35.8 Å². The predicted molar refractivity (Wildman–Crippen MR) is 109 cm³/mol. The van der Waals surface area contributed by atoms with Crippen molar-refractivity contribution in [2.75, 3.05) is 0 Å². The summed E-state index contributed by atoms with van der Waals surface area (Å²) in [6.45, 7) is 1.58. The van der Waals surface area contributed by atoms with Gasteiger partial charge in [0.1, 0.15) is 0 Å². The van der Waals surface area contributed by atoms with Crippen LogP contribution in [0.2, 0.25) is 0 Å². The zero-order valence-corrected chi connectivity index (χ0v) is 15.0. The van der Waals surface area contributed by atoms with Crippen LogP contribution < -0.4 is 0 Å². The molecule has 0 saturated heterocycles. The van der Waals surface area contributed by atoms with Crippen LogP contribution in [-0.4, -0.2) is 15.8 Å². The third kappa shape index (κ3) is 3.67. The number of fused-ring (bicyclic) bond motifs is 1. The molecule has 3 aromatic carbocycles. The van der Waals surface area contributed by atoms with E-state index in [2.05, 4.69) is 22.1 Å². The van der Waals surface area contributed by atoms with Gasteiger partial charge in [-0.1, -0.05) is 72.8 Å². The van der Waals surface area contributed by atoms with Crippen molar-refractivity contribution in [1.29, 1.82) is 0 Å². The number of benzene rings is 3. The number of aromatic nitrogens is 2. The summed E-state index contributed by atoms with van der Waals surface area (Å²) in [6.07, 6.45) is 3.83. The normalized spacial score (nSPS) is 11.5. The summed E-state index contributed by atoms with van der Waals surface area (Å²) in [5, 5.41) is 1.02. The molecule has 0 fully saturated rings. The summed E-state index contributed by atoms with van der Waals surface area (Å²) in [4.78, 5) is 20.7. The molecule has 0 spiro atoms. The summed E-state index contributed by atoms with van der Waals surface area (Å²) < 4.78 is 0. The van der Waals surface area contributed by atoms with Gasteiger partial charge in [-0.3, -0.25) is 4.79 Å². The quantitative estimate of drug-likeness (QED) is 0.461. The maximum absolute atomic E-state index is 11.6. The second-order valence-corrected chi connectivity index (χ2v) is 6.34. The van der Waals surface area contributed by atoms with Crippen LogP contribution >= 0.6 is 0 Å². The van der Waals surface area contributed by atoms with E-state index in [1.807, 2.05) is 79.0 Å². The summed E-state index contributed by atoms with van der Waals surface area (Å²) in [5.41, 5.74) is 4.72. The topological polar surface area (TPSA) is 42.9 Å². The summed E-state index contributed by atoms with van der Waals surface area (Å²) >= 11 is 0. The number of Topliss-reactive ketones (excluding diaryl/α,β-unsaturated/α-hetero) is 1. The number of para-hydroxylation sites is 1. The Kier molecular flexibility index (Phi) is 4.58. The van der Waals surface area contributed by atoms with Gasteiger partial charge in [0, 0.05) is 17.1 Å². The number of carbonyl (C=O) groups excluding carboxylic acids is 1. The highest BCUT2D eigenvalue weighted by Gasteiger charge is 2.08. The number of ketones is 1. The van der Waals surface area contributed by atoms with Crippen LogP contribution in [0.25, 0.3) is 22.6 Å². The van der Waals surface area contributed by atoms with Gasteiger partial charge < -0.3 is 0 Å². The lowest BCUT2D eigenvalue weighted by Gasteiger charge is -2.09. The maximum atomic E-state index is 11.6. The fraction of sp³-hybridized carbons (Fsp3) is 0.0417. The van der Waals surface area contributed by atoms with E-state index in [1.165, 1.54) is 0 Å². The van der Waals surface area contributed by atoms with Gasteiger partial charge >= 0.3 is 0 Å². The fourth-order valence-corrected chi connectivity index (χ4v) is 3.02. The third-order valence-corrected chi connectivity index (χ3v) is 4.47. The van der Waals surface area contributed by atoms with Gasteiger partial charge in [0.05, 0.1) is 5.52 Å². The highest BCUT2D eigenvalue weighted by molar-refractivity contribution is 5.96. The van der Waals surface area contributed by atoms with E-state index in [1.54, 1.807) is 6.92 Å². The Morgan fingerprint density at radius 3 is 2.15 bits per heavy atom. The zero-order chi connectivity index (χ0) is 18.6. The van der Waals surface area contributed by atoms with E-state index in [4.69, 9.17) is 0 Å². The molecule has 0 unspecified atom stereocenters. The van der Waals surface area contributed by atoms with Crippen molar-refractivity contribution in [3.05, 3.63) is 108 Å². The number of hydrogen-bond donors (Lipinski definition) is 0. The molecule has 3 heteroatoms. The summed E-state index contributed by atoms with van der Waals surface area (Å²) in [7, 11) is 0. The third-order valence-electron chi connectivity index (χ3n) is 4.47. The average Bonchev–Trinajstić information content (AvgIpc) is 2.72. The molecule has 0 aliphatic carbocycles. The summed E-state index contributed by atoms with van der Waals surface area (Å²) in [6, 6.07) is 25.7. The van der Waals surface area contributed by atoms with E-state index in [0.29, 0.717) is 11.4 Å². The standard InChI is InChI=1S/C24H18N2O/c1-17(27)18-11-13-20(14-12-18)22(19-7-3-2-4-8-19)15-24-25-16-21-9-5-6-10-23(21)26-24/h2-16H,1H3/b22-15-. The van der Waals surface area contributed by atoms with Crippen LogP contribution in [0.15, 0.2) is 85.1 Å². The molecule has 0 saturated carbocycles. The lowest BCUT2D eigenvalue weighted by molar-refractivity contribution is 0.101. The number of nitrogens with zero attached hydrogens (tertiary/aromatic N) is 2. The highest BCUT2D eigenvalue weighted by atomic mass is 16.1. The van der Waals surface area contributed by atoms with Crippen molar-refractivity contribution >= 4 is 28.3 Å². The number of carbonyl (C=O) groups is 1. The smallest absolute Gasteiger partial charge is 0.159 e. The molecule has 0 aliphatic heterocycles. The first kappa shape index (κ1) is 16.9. The van der Waals surface area contributed by atoms with Crippen LogP contribution in [-0.2, 0) is 0 Å². The molecule has 4 aromatic rings. The summed E-state index contributed by atoms with van der Waals surface area (Å²) in [5.74, 6) is 0.716. The first-order valence-electron chi connectivity index (χ1n) is 8.81. The van der Waals surface area contributed by atoms with Gasteiger partial charge in [-0.2, -0.15) is 0 Å². The minimum Gasteiger partial charge on any atom is -0.295 e. The Bertz CT molecular complexity index is 1130. The van der Waals surface area contributed by atoms with Crippen molar-refractivity contribution in [2.45, 2.75) is 6.92 Å². The Hall–Kier alpha value is -3.59. The molecule has 0 bridgehead atoms. The highest BCUT2D eigenvalue weighted by Crippen LogP contribution is 2.26. The van der Waals surface area contributed by atoms with Crippen molar-refractivity contribution in [1.82, 2.24) is 9.97 Å². The van der Waals surface area contributed by atoms with E-state index < -0.39 is 0 Å². The van der Waals surface area contributed by atoms with Crippen LogP contribution in [0, 0.1) is 0 Å². The van der Waals surface area contributed by atoms with Gasteiger partial charge in [-0.15, -0.1) is 0 Å². The molecular formula is C24H18N2O. The molecule has 0 atom stereocenters. The Balaban J connectivity index is 1.84. The fourth-order valence-electron chi connectivity index (χ4n) is 3.02. The monoisotopic (exact) mass is 350 g/mol. The van der Waals surface area contributed by atoms with Crippen molar-refractivity contribution < 1.29 is 4.79 Å². The Morgan fingerprint density at radius 2 is 1.41 bits per heavy atom. The minimum absolute atomic E-state index is 0.0599. The van der Waals surface area contributed by atoms with Gasteiger partial charge in [0.25, 0.3) is 0 Å². The Labute approximate surface area is 158 Å². The van der Waals surface area contributed by atoms with Crippen LogP contribution in [0.4, 0.5) is 0 Å². The number of rotatable bonds is 4. The van der Waals surface area contributed by atoms with Crippen LogP contribution in [0.5, 0.6) is 0 Å². The van der Waals surface area contributed by atoms with Crippen LogP contribution in [0.1, 0.15) is 34.2 Å². The number of hydrogen-bond acceptors (Lipinski definition) is 3. The molecule has 0 amide bonds. The lowest BCUT2D eigenvalue weighted by atomic mass is 9.96. The largest absolute Gasteiger partial charge is 0.295 e. The van der Waals surface area contributed by atoms with Gasteiger partial charge in [0.15, 0.2) is 11.6 Å². The second-order valence-electron chi connectivity index (χ2n) is 6.34. The Morgan fingerprint density at radius 1 is 0.778 bits per heavy atom. The van der Waals surface area contributed by atoms with Gasteiger partial charge in [0.2, 0.25) is 0 Å². The zero-order valence-electron chi connectivity index (χ0n) is 15.0. The molecule has 4 rings (SSSR count).